The molecule has 0 radical (unpaired) electrons. The minimum Gasteiger partial charge on any atom is -0.324 e. The average molecular weight is 431 g/mol. The van der Waals surface area contributed by atoms with Gasteiger partial charge in [-0.3, -0.25) is 9.59 Å². The van der Waals surface area contributed by atoms with Crippen molar-refractivity contribution in [3.8, 4) is 10.6 Å². The number of aryl methyl sites for hydroxylation is 3. The van der Waals surface area contributed by atoms with E-state index in [-0.39, 0.29) is 11.5 Å². The van der Waals surface area contributed by atoms with Crippen LogP contribution in [0.15, 0.2) is 53.3 Å². The molecule has 4 aromatic rings. The molecule has 1 atom stereocenters. The Balaban J connectivity index is 1.33. The molecule has 0 fully saturated rings. The standard InChI is InChI=1S/C24H22N4O2S/c1-14-6-11-20-21(12-14)31-24(26-20)16-7-9-18(10-8-16)25-23(30)15(2)28-22(29)13-17-4-3-5-19(17)27-28/h6-13,15H,3-5H2,1-2H3,(H,25,30). The summed E-state index contributed by atoms with van der Waals surface area (Å²) in [4.78, 5) is 29.8. The van der Waals surface area contributed by atoms with Crippen LogP contribution in [0, 0.1) is 6.92 Å². The van der Waals surface area contributed by atoms with Gasteiger partial charge in [0.05, 0.1) is 15.9 Å². The maximum absolute atomic E-state index is 12.7. The van der Waals surface area contributed by atoms with Gasteiger partial charge in [-0.15, -0.1) is 11.3 Å². The Morgan fingerprint density at radius 2 is 1.94 bits per heavy atom. The monoisotopic (exact) mass is 430 g/mol. The lowest BCUT2D eigenvalue weighted by atomic mass is 10.2. The van der Waals surface area contributed by atoms with Crippen LogP contribution in [0.4, 0.5) is 5.69 Å². The van der Waals surface area contributed by atoms with Gasteiger partial charge in [0.2, 0.25) is 5.91 Å². The average Bonchev–Trinajstić information content (AvgIpc) is 3.39. The molecule has 156 valence electrons. The molecule has 7 heteroatoms. The van der Waals surface area contributed by atoms with Gasteiger partial charge in [-0.2, -0.15) is 5.10 Å². The summed E-state index contributed by atoms with van der Waals surface area (Å²) < 4.78 is 2.45. The van der Waals surface area contributed by atoms with Crippen LogP contribution in [0.3, 0.4) is 0 Å². The fraction of sp³-hybridized carbons (Fsp3) is 0.250. The lowest BCUT2D eigenvalue weighted by Crippen LogP contribution is -2.33. The number of nitrogens with one attached hydrogen (secondary N) is 1. The summed E-state index contributed by atoms with van der Waals surface area (Å²) in [6.07, 6.45) is 2.75. The van der Waals surface area contributed by atoms with Gasteiger partial charge in [0.25, 0.3) is 5.56 Å². The van der Waals surface area contributed by atoms with Gasteiger partial charge in [0, 0.05) is 17.3 Å². The molecule has 31 heavy (non-hydrogen) atoms. The second-order valence-electron chi connectivity index (χ2n) is 7.99. The SMILES string of the molecule is Cc1ccc2nc(-c3ccc(NC(=O)C(C)n4nc5c(cc4=O)CCC5)cc3)sc2c1. The summed E-state index contributed by atoms with van der Waals surface area (Å²) in [5, 5.41) is 8.27. The van der Waals surface area contributed by atoms with E-state index in [0.29, 0.717) is 5.69 Å². The highest BCUT2D eigenvalue weighted by Gasteiger charge is 2.21. The Morgan fingerprint density at radius 1 is 1.13 bits per heavy atom. The number of hydrogen-bond acceptors (Lipinski definition) is 5. The topological polar surface area (TPSA) is 76.9 Å². The van der Waals surface area contributed by atoms with Gasteiger partial charge in [-0.05, 0) is 80.6 Å². The predicted molar refractivity (Wildman–Crippen MR) is 124 cm³/mol. The van der Waals surface area contributed by atoms with Crippen LogP contribution in [-0.2, 0) is 17.6 Å². The van der Waals surface area contributed by atoms with Gasteiger partial charge in [-0.25, -0.2) is 9.67 Å². The molecule has 1 aliphatic rings. The molecular weight excluding hydrogens is 408 g/mol. The van der Waals surface area contributed by atoms with Crippen LogP contribution >= 0.6 is 11.3 Å². The number of rotatable bonds is 4. The van der Waals surface area contributed by atoms with Crippen molar-refractivity contribution in [3.63, 3.8) is 0 Å². The van der Waals surface area contributed by atoms with Crippen LogP contribution in [0.2, 0.25) is 0 Å². The molecule has 0 saturated heterocycles. The molecule has 1 unspecified atom stereocenters. The molecule has 0 spiro atoms. The number of carbonyl (C=O) groups is 1. The second kappa shape index (κ2) is 7.74. The summed E-state index contributed by atoms with van der Waals surface area (Å²) in [5.74, 6) is -0.268. The first-order chi connectivity index (χ1) is 15.0. The number of nitrogens with zero attached hydrogens (tertiary/aromatic N) is 3. The van der Waals surface area contributed by atoms with Crippen molar-refractivity contribution < 1.29 is 4.79 Å². The molecule has 0 aliphatic heterocycles. The van der Waals surface area contributed by atoms with Crippen molar-refractivity contribution in [2.24, 2.45) is 0 Å². The molecular formula is C24H22N4O2S. The van der Waals surface area contributed by atoms with Gasteiger partial charge in [0.1, 0.15) is 11.0 Å². The summed E-state index contributed by atoms with van der Waals surface area (Å²) in [7, 11) is 0. The first kappa shape index (κ1) is 19.6. The van der Waals surface area contributed by atoms with Gasteiger partial charge in [-0.1, -0.05) is 6.07 Å². The molecule has 6 nitrogen and oxygen atoms in total. The van der Waals surface area contributed by atoms with E-state index in [1.165, 1.54) is 10.2 Å². The molecule has 1 aliphatic carbocycles. The van der Waals surface area contributed by atoms with E-state index in [0.717, 1.165) is 51.3 Å². The largest absolute Gasteiger partial charge is 0.324 e. The quantitative estimate of drug-likeness (QED) is 0.517. The number of fused-ring (bicyclic) bond motifs is 2. The summed E-state index contributed by atoms with van der Waals surface area (Å²) in [6, 6.07) is 14.8. The summed E-state index contributed by atoms with van der Waals surface area (Å²) in [5.41, 5.74) is 5.58. The van der Waals surface area contributed by atoms with Crippen LogP contribution in [0.25, 0.3) is 20.8 Å². The zero-order valence-corrected chi connectivity index (χ0v) is 18.2. The van der Waals surface area contributed by atoms with E-state index < -0.39 is 6.04 Å². The molecule has 0 bridgehead atoms. The van der Waals surface area contributed by atoms with Gasteiger partial charge >= 0.3 is 0 Å². The number of hydrogen-bond donors (Lipinski definition) is 1. The molecule has 1 N–H and O–H groups in total. The maximum atomic E-state index is 12.7. The number of benzene rings is 2. The molecule has 0 saturated carbocycles. The minimum atomic E-state index is -0.689. The van der Waals surface area contributed by atoms with Gasteiger partial charge in [0.15, 0.2) is 0 Å². The first-order valence-corrected chi connectivity index (χ1v) is 11.2. The minimum absolute atomic E-state index is 0.232. The normalized spacial score (nSPS) is 13.9. The molecule has 2 aromatic carbocycles. The fourth-order valence-corrected chi connectivity index (χ4v) is 4.97. The highest BCUT2D eigenvalue weighted by molar-refractivity contribution is 7.21. The van der Waals surface area contributed by atoms with Crippen LogP contribution in [-0.4, -0.2) is 20.7 Å². The third-order valence-corrected chi connectivity index (χ3v) is 6.74. The van der Waals surface area contributed by atoms with E-state index in [9.17, 15) is 9.59 Å². The van der Waals surface area contributed by atoms with Crippen molar-refractivity contribution >= 4 is 33.1 Å². The van der Waals surface area contributed by atoms with Crippen LogP contribution < -0.4 is 10.9 Å². The third kappa shape index (κ3) is 3.77. The fourth-order valence-electron chi connectivity index (χ4n) is 3.90. The van der Waals surface area contributed by atoms with E-state index in [1.807, 2.05) is 30.3 Å². The van der Waals surface area contributed by atoms with Crippen LogP contribution in [0.1, 0.15) is 36.2 Å². The zero-order valence-electron chi connectivity index (χ0n) is 17.4. The number of anilines is 1. The second-order valence-corrected chi connectivity index (χ2v) is 9.02. The first-order valence-electron chi connectivity index (χ1n) is 10.4. The maximum Gasteiger partial charge on any atom is 0.267 e. The third-order valence-electron chi connectivity index (χ3n) is 5.67. The van der Waals surface area contributed by atoms with E-state index in [4.69, 9.17) is 4.98 Å². The lowest BCUT2D eigenvalue weighted by molar-refractivity contribution is -0.119. The van der Waals surface area contributed by atoms with E-state index in [1.54, 1.807) is 24.3 Å². The van der Waals surface area contributed by atoms with Crippen molar-refractivity contribution in [3.05, 3.63) is 75.7 Å². The van der Waals surface area contributed by atoms with E-state index >= 15 is 0 Å². The molecule has 1 amide bonds. The smallest absolute Gasteiger partial charge is 0.267 e. The predicted octanol–water partition coefficient (Wildman–Crippen LogP) is 4.52. The Kier molecular flexibility index (Phi) is 4.90. The molecule has 2 aromatic heterocycles. The number of thiazole rings is 1. The highest BCUT2D eigenvalue weighted by atomic mass is 32.1. The summed E-state index contributed by atoms with van der Waals surface area (Å²) >= 11 is 1.65. The van der Waals surface area contributed by atoms with E-state index in [2.05, 4.69) is 29.5 Å². The lowest BCUT2D eigenvalue weighted by Gasteiger charge is -2.15. The zero-order chi connectivity index (χ0) is 21.5. The van der Waals surface area contributed by atoms with Crippen molar-refractivity contribution in [2.45, 2.75) is 39.2 Å². The Hall–Kier alpha value is -3.32. The van der Waals surface area contributed by atoms with Crippen molar-refractivity contribution in [2.75, 3.05) is 5.32 Å². The Bertz CT molecular complexity index is 1350. The Labute approximate surface area is 183 Å². The van der Waals surface area contributed by atoms with Crippen molar-refractivity contribution in [1.29, 1.82) is 0 Å². The molecule has 5 rings (SSSR count). The number of aromatic nitrogens is 3. The van der Waals surface area contributed by atoms with Gasteiger partial charge < -0.3 is 5.32 Å². The Morgan fingerprint density at radius 3 is 2.74 bits per heavy atom. The van der Waals surface area contributed by atoms with Crippen LogP contribution in [0.5, 0.6) is 0 Å². The molecule has 2 heterocycles. The summed E-state index contributed by atoms with van der Waals surface area (Å²) in [6.45, 7) is 3.77. The van der Waals surface area contributed by atoms with Crippen molar-refractivity contribution in [1.82, 2.24) is 14.8 Å². The number of carbonyl (C=O) groups excluding carboxylic acids is 1. The number of amides is 1. The highest BCUT2D eigenvalue weighted by Crippen LogP contribution is 2.31.